The van der Waals surface area contributed by atoms with Crippen molar-refractivity contribution >= 4 is 11.9 Å². The van der Waals surface area contributed by atoms with Crippen molar-refractivity contribution in [3.63, 3.8) is 0 Å². The van der Waals surface area contributed by atoms with Crippen molar-refractivity contribution < 1.29 is 9.53 Å². The van der Waals surface area contributed by atoms with Crippen LogP contribution in [0.15, 0.2) is 4.99 Å². The molecule has 0 aliphatic carbocycles. The maximum atomic E-state index is 11.9. The third kappa shape index (κ3) is 11.2. The van der Waals surface area contributed by atoms with Crippen LogP contribution >= 0.6 is 0 Å². The molecular weight excluding hydrogens is 342 g/mol. The van der Waals surface area contributed by atoms with Gasteiger partial charge in [-0.3, -0.25) is 9.69 Å². The first-order valence-electron chi connectivity index (χ1n) is 10.6. The van der Waals surface area contributed by atoms with Crippen molar-refractivity contribution in [1.82, 2.24) is 20.4 Å². The fourth-order valence-corrected chi connectivity index (χ4v) is 2.98. The van der Waals surface area contributed by atoms with Gasteiger partial charge < -0.3 is 20.3 Å². The quantitative estimate of drug-likeness (QED) is 0.304. The first-order valence-corrected chi connectivity index (χ1v) is 10.6. The molecule has 1 amide bonds. The van der Waals surface area contributed by atoms with Crippen molar-refractivity contribution in [2.24, 2.45) is 10.9 Å². The van der Waals surface area contributed by atoms with E-state index in [2.05, 4.69) is 34.4 Å². The molecular formula is C20H41N5O2. The van der Waals surface area contributed by atoms with E-state index >= 15 is 0 Å². The van der Waals surface area contributed by atoms with Gasteiger partial charge >= 0.3 is 0 Å². The van der Waals surface area contributed by atoms with Crippen molar-refractivity contribution in [3.05, 3.63) is 0 Å². The third-order valence-corrected chi connectivity index (χ3v) is 5.02. The average Bonchev–Trinajstić information content (AvgIpc) is 2.69. The monoisotopic (exact) mass is 383 g/mol. The molecule has 1 heterocycles. The topological polar surface area (TPSA) is 69.2 Å². The number of unbranched alkanes of at least 4 members (excludes halogenated alkanes) is 1. The fraction of sp³-hybridized carbons (Fsp3) is 0.900. The molecule has 0 radical (unpaired) electrons. The lowest BCUT2D eigenvalue weighted by Gasteiger charge is -2.26. The molecule has 7 nitrogen and oxygen atoms in total. The largest absolute Gasteiger partial charge is 0.379 e. The Balaban J connectivity index is 2.43. The SMILES string of the molecule is CCCCC(CC)CNC(=NCC(=O)N(C)C)NCCCN1CCOCC1. The van der Waals surface area contributed by atoms with E-state index in [0.29, 0.717) is 5.92 Å². The Hall–Kier alpha value is -1.34. The van der Waals surface area contributed by atoms with Crippen molar-refractivity contribution in [3.8, 4) is 0 Å². The van der Waals surface area contributed by atoms with Gasteiger partial charge in [-0.15, -0.1) is 0 Å². The Morgan fingerprint density at radius 2 is 1.93 bits per heavy atom. The molecule has 1 unspecified atom stereocenters. The van der Waals surface area contributed by atoms with Crippen molar-refractivity contribution in [1.29, 1.82) is 0 Å². The summed E-state index contributed by atoms with van der Waals surface area (Å²) in [5, 5.41) is 6.85. The molecule has 1 aliphatic rings. The van der Waals surface area contributed by atoms with Crippen LogP contribution in [0.1, 0.15) is 46.0 Å². The summed E-state index contributed by atoms with van der Waals surface area (Å²) in [5.41, 5.74) is 0. The molecule has 2 N–H and O–H groups in total. The first-order chi connectivity index (χ1) is 13.1. The molecule has 0 spiro atoms. The Morgan fingerprint density at radius 1 is 1.19 bits per heavy atom. The number of nitrogens with zero attached hydrogens (tertiary/aromatic N) is 3. The van der Waals surface area contributed by atoms with Crippen LogP contribution in [0, 0.1) is 5.92 Å². The van der Waals surface area contributed by atoms with Gasteiger partial charge in [-0.25, -0.2) is 4.99 Å². The minimum absolute atomic E-state index is 0.0161. The maximum Gasteiger partial charge on any atom is 0.243 e. The highest BCUT2D eigenvalue weighted by atomic mass is 16.5. The molecule has 0 aromatic heterocycles. The van der Waals surface area contributed by atoms with E-state index in [9.17, 15) is 4.79 Å². The predicted molar refractivity (Wildman–Crippen MR) is 112 cm³/mol. The van der Waals surface area contributed by atoms with Gasteiger partial charge in [0.1, 0.15) is 6.54 Å². The lowest BCUT2D eigenvalue weighted by atomic mass is 9.99. The number of carbonyl (C=O) groups is 1. The second-order valence-electron chi connectivity index (χ2n) is 7.48. The standard InChI is InChI=1S/C20H41N5O2/c1-5-7-9-18(6-2)16-22-20(23-17-19(26)24(3)4)21-10-8-11-25-12-14-27-15-13-25/h18H,5-17H2,1-4H3,(H2,21,22,23). The van der Waals surface area contributed by atoms with E-state index in [0.717, 1.165) is 64.7 Å². The van der Waals surface area contributed by atoms with Gasteiger partial charge in [0, 0.05) is 40.3 Å². The summed E-state index contributed by atoms with van der Waals surface area (Å²) in [7, 11) is 3.52. The smallest absolute Gasteiger partial charge is 0.243 e. The van der Waals surface area contributed by atoms with Gasteiger partial charge in [0.2, 0.25) is 5.91 Å². The first kappa shape index (κ1) is 23.7. The molecule has 1 fully saturated rings. The summed E-state index contributed by atoms with van der Waals surface area (Å²) >= 11 is 0. The van der Waals surface area contributed by atoms with E-state index in [1.165, 1.54) is 19.3 Å². The predicted octanol–water partition coefficient (Wildman–Crippen LogP) is 1.55. The number of hydrogen-bond acceptors (Lipinski definition) is 4. The summed E-state index contributed by atoms with van der Waals surface area (Å²) in [6, 6.07) is 0. The zero-order valence-electron chi connectivity index (χ0n) is 17.9. The lowest BCUT2D eigenvalue weighted by molar-refractivity contribution is -0.127. The van der Waals surface area contributed by atoms with Crippen molar-refractivity contribution in [2.45, 2.75) is 46.0 Å². The molecule has 1 saturated heterocycles. The fourth-order valence-electron chi connectivity index (χ4n) is 2.98. The Labute approximate surface area is 165 Å². The molecule has 158 valence electrons. The molecule has 1 rings (SSSR count). The zero-order valence-corrected chi connectivity index (χ0v) is 17.9. The Morgan fingerprint density at radius 3 is 2.56 bits per heavy atom. The van der Waals surface area contributed by atoms with Crippen LogP contribution in [0.2, 0.25) is 0 Å². The number of morpholine rings is 1. The van der Waals surface area contributed by atoms with E-state index in [-0.39, 0.29) is 12.5 Å². The number of hydrogen-bond donors (Lipinski definition) is 2. The molecule has 1 aliphatic heterocycles. The zero-order chi connectivity index (χ0) is 19.9. The van der Waals surface area contributed by atoms with Gasteiger partial charge in [0.05, 0.1) is 13.2 Å². The highest BCUT2D eigenvalue weighted by Crippen LogP contribution is 2.11. The molecule has 1 atom stereocenters. The number of aliphatic imine (C=N–C) groups is 1. The van der Waals surface area contributed by atoms with Crippen LogP contribution in [0.4, 0.5) is 0 Å². The maximum absolute atomic E-state index is 11.9. The van der Waals surface area contributed by atoms with Crippen LogP contribution < -0.4 is 10.6 Å². The van der Waals surface area contributed by atoms with Crippen molar-refractivity contribution in [2.75, 3.05) is 66.6 Å². The second kappa shape index (κ2) is 14.7. The van der Waals surface area contributed by atoms with Gasteiger partial charge in [0.15, 0.2) is 5.96 Å². The number of likely N-dealkylation sites (N-methyl/N-ethyl adjacent to an activating group) is 1. The number of nitrogens with one attached hydrogen (secondary N) is 2. The molecule has 0 aromatic carbocycles. The number of guanidine groups is 1. The lowest BCUT2D eigenvalue weighted by Crippen LogP contribution is -2.42. The average molecular weight is 384 g/mol. The number of rotatable bonds is 12. The van der Waals surface area contributed by atoms with Crippen LogP contribution in [-0.4, -0.2) is 88.2 Å². The summed E-state index contributed by atoms with van der Waals surface area (Å²) in [4.78, 5) is 20.4. The van der Waals surface area contributed by atoms with Crippen LogP contribution in [0.5, 0.6) is 0 Å². The van der Waals surface area contributed by atoms with E-state index in [1.54, 1.807) is 19.0 Å². The van der Waals surface area contributed by atoms with E-state index in [4.69, 9.17) is 4.74 Å². The van der Waals surface area contributed by atoms with Gasteiger partial charge in [0.25, 0.3) is 0 Å². The van der Waals surface area contributed by atoms with Crippen LogP contribution in [0.25, 0.3) is 0 Å². The summed E-state index contributed by atoms with van der Waals surface area (Å²) in [6.45, 7) is 11.2. The highest BCUT2D eigenvalue weighted by Gasteiger charge is 2.11. The minimum Gasteiger partial charge on any atom is -0.379 e. The number of ether oxygens (including phenoxy) is 1. The summed E-state index contributed by atoms with van der Waals surface area (Å²) < 4.78 is 5.39. The Kier molecular flexibility index (Phi) is 12.9. The minimum atomic E-state index is 0.0161. The summed E-state index contributed by atoms with van der Waals surface area (Å²) in [6.07, 6.45) is 5.94. The number of carbonyl (C=O) groups excluding carboxylic acids is 1. The van der Waals surface area contributed by atoms with Gasteiger partial charge in [-0.2, -0.15) is 0 Å². The van der Waals surface area contributed by atoms with Gasteiger partial charge in [-0.1, -0.05) is 33.1 Å². The molecule has 7 heteroatoms. The van der Waals surface area contributed by atoms with E-state index < -0.39 is 0 Å². The molecule has 0 aromatic rings. The third-order valence-electron chi connectivity index (χ3n) is 5.02. The number of amides is 1. The molecule has 0 saturated carbocycles. The van der Waals surface area contributed by atoms with E-state index in [1.807, 2.05) is 0 Å². The second-order valence-corrected chi connectivity index (χ2v) is 7.48. The molecule has 27 heavy (non-hydrogen) atoms. The Bertz CT molecular complexity index is 423. The highest BCUT2D eigenvalue weighted by molar-refractivity contribution is 5.84. The normalized spacial score (nSPS) is 16.8. The molecule has 0 bridgehead atoms. The van der Waals surface area contributed by atoms with Crippen LogP contribution in [0.3, 0.4) is 0 Å². The van der Waals surface area contributed by atoms with Crippen LogP contribution in [-0.2, 0) is 9.53 Å². The van der Waals surface area contributed by atoms with Gasteiger partial charge in [-0.05, 0) is 25.3 Å². The summed E-state index contributed by atoms with van der Waals surface area (Å²) in [5.74, 6) is 1.42.